The molecule has 17 heavy (non-hydrogen) atoms. The lowest BCUT2D eigenvalue weighted by molar-refractivity contribution is 0.0107. The Kier molecular flexibility index (Phi) is 4.91. The summed E-state index contributed by atoms with van der Waals surface area (Å²) in [6.07, 6.45) is 2.29. The maximum absolute atomic E-state index is 5.46. The highest BCUT2D eigenvalue weighted by Crippen LogP contribution is 2.32. The number of rotatable bonds is 5. The number of hydrogen-bond donors (Lipinski definition) is 1. The largest absolute Gasteiger partial charge is 0.381 e. The fourth-order valence-corrected chi connectivity index (χ4v) is 3.67. The second kappa shape index (κ2) is 6.23. The summed E-state index contributed by atoms with van der Waals surface area (Å²) < 4.78 is 5.46. The van der Waals surface area contributed by atoms with Crippen LogP contribution in [0.15, 0.2) is 17.5 Å². The maximum atomic E-state index is 5.46. The molecule has 0 N–H and O–H groups in total. The Morgan fingerprint density at radius 1 is 1.47 bits per heavy atom. The van der Waals surface area contributed by atoms with Crippen molar-refractivity contribution in [2.45, 2.75) is 19.4 Å². The van der Waals surface area contributed by atoms with Crippen LogP contribution >= 0.6 is 24.0 Å². The van der Waals surface area contributed by atoms with Crippen LogP contribution in [0, 0.1) is 5.41 Å². The third-order valence-corrected chi connectivity index (χ3v) is 5.03. The van der Waals surface area contributed by atoms with Crippen molar-refractivity contribution in [3.63, 3.8) is 0 Å². The summed E-state index contributed by atoms with van der Waals surface area (Å²) in [7, 11) is 2.21. The van der Waals surface area contributed by atoms with Gasteiger partial charge in [-0.05, 0) is 42.5 Å². The minimum Gasteiger partial charge on any atom is -0.381 e. The molecule has 0 saturated carbocycles. The van der Waals surface area contributed by atoms with E-state index in [1.54, 1.807) is 0 Å². The van der Waals surface area contributed by atoms with E-state index in [9.17, 15) is 0 Å². The first kappa shape index (κ1) is 13.4. The molecule has 0 unspecified atom stereocenters. The molecule has 1 aromatic heterocycles. The van der Waals surface area contributed by atoms with Crippen LogP contribution in [0.4, 0.5) is 0 Å². The fourth-order valence-electron chi connectivity index (χ4n) is 2.47. The molecule has 1 fully saturated rings. The molecule has 2 nitrogen and oxygen atoms in total. The first-order valence-electron chi connectivity index (χ1n) is 6.14. The summed E-state index contributed by atoms with van der Waals surface area (Å²) in [6, 6.07) is 4.33. The Labute approximate surface area is 113 Å². The minimum absolute atomic E-state index is 0.355. The lowest BCUT2D eigenvalue weighted by Crippen LogP contribution is -2.41. The molecule has 0 spiro atoms. The molecule has 1 aromatic rings. The quantitative estimate of drug-likeness (QED) is 0.827. The van der Waals surface area contributed by atoms with Crippen LogP contribution in [0.2, 0.25) is 0 Å². The van der Waals surface area contributed by atoms with Gasteiger partial charge in [0, 0.05) is 31.2 Å². The predicted octanol–water partition coefficient (Wildman–Crippen LogP) is 2.91. The number of nitrogens with zero attached hydrogens (tertiary/aromatic N) is 1. The van der Waals surface area contributed by atoms with Gasteiger partial charge in [0.2, 0.25) is 0 Å². The van der Waals surface area contributed by atoms with Gasteiger partial charge < -0.3 is 9.64 Å². The van der Waals surface area contributed by atoms with Crippen LogP contribution in [-0.4, -0.2) is 37.5 Å². The van der Waals surface area contributed by atoms with Crippen molar-refractivity contribution in [2.75, 3.05) is 32.6 Å². The van der Waals surface area contributed by atoms with E-state index in [2.05, 4.69) is 42.1 Å². The lowest BCUT2D eigenvalue weighted by Gasteiger charge is -2.38. The van der Waals surface area contributed by atoms with Crippen LogP contribution < -0.4 is 0 Å². The monoisotopic (exact) mass is 271 g/mol. The van der Waals surface area contributed by atoms with Crippen molar-refractivity contribution in [3.05, 3.63) is 22.4 Å². The smallest absolute Gasteiger partial charge is 0.0472 e. The molecule has 96 valence electrons. The maximum Gasteiger partial charge on any atom is 0.0472 e. The van der Waals surface area contributed by atoms with Gasteiger partial charge in [0.15, 0.2) is 0 Å². The summed E-state index contributed by atoms with van der Waals surface area (Å²) in [5.74, 6) is 0.963. The van der Waals surface area contributed by atoms with E-state index in [0.29, 0.717) is 5.41 Å². The van der Waals surface area contributed by atoms with Gasteiger partial charge in [-0.2, -0.15) is 12.6 Å². The van der Waals surface area contributed by atoms with Crippen molar-refractivity contribution < 1.29 is 4.74 Å². The molecule has 1 saturated heterocycles. The molecule has 1 aliphatic rings. The van der Waals surface area contributed by atoms with Crippen LogP contribution in [0.1, 0.15) is 17.7 Å². The third kappa shape index (κ3) is 3.71. The Balaban J connectivity index is 1.89. The van der Waals surface area contributed by atoms with Crippen LogP contribution in [-0.2, 0) is 11.3 Å². The summed E-state index contributed by atoms with van der Waals surface area (Å²) in [4.78, 5) is 3.86. The summed E-state index contributed by atoms with van der Waals surface area (Å²) in [6.45, 7) is 3.96. The molecule has 0 amide bonds. The molecule has 0 radical (unpaired) electrons. The summed E-state index contributed by atoms with van der Waals surface area (Å²) in [5, 5.41) is 2.14. The summed E-state index contributed by atoms with van der Waals surface area (Å²) >= 11 is 6.39. The average molecular weight is 271 g/mol. The van der Waals surface area contributed by atoms with E-state index in [4.69, 9.17) is 4.74 Å². The van der Waals surface area contributed by atoms with Gasteiger partial charge in [-0.15, -0.1) is 11.3 Å². The number of thiol groups is 1. The standard InChI is InChI=1S/C13H21NOS2/c1-14(9-12-3-2-8-17-12)10-13(11-16)4-6-15-7-5-13/h2-3,8,16H,4-7,9-11H2,1H3. The van der Waals surface area contributed by atoms with Gasteiger partial charge in [-0.1, -0.05) is 6.07 Å². The summed E-state index contributed by atoms with van der Waals surface area (Å²) in [5.41, 5.74) is 0.355. The van der Waals surface area contributed by atoms with E-state index < -0.39 is 0 Å². The van der Waals surface area contributed by atoms with Crippen molar-refractivity contribution >= 4 is 24.0 Å². The first-order valence-corrected chi connectivity index (χ1v) is 7.65. The van der Waals surface area contributed by atoms with E-state index in [0.717, 1.165) is 44.9 Å². The Morgan fingerprint density at radius 2 is 2.24 bits per heavy atom. The zero-order chi connectivity index (χ0) is 12.1. The van der Waals surface area contributed by atoms with Gasteiger partial charge in [0.05, 0.1) is 0 Å². The molecule has 4 heteroatoms. The number of thiophene rings is 1. The van der Waals surface area contributed by atoms with Crippen molar-refractivity contribution in [1.29, 1.82) is 0 Å². The molecular formula is C13H21NOS2. The van der Waals surface area contributed by atoms with Gasteiger partial charge in [0.1, 0.15) is 0 Å². The number of hydrogen-bond acceptors (Lipinski definition) is 4. The number of ether oxygens (including phenoxy) is 1. The second-order valence-corrected chi connectivity index (χ2v) is 6.37. The SMILES string of the molecule is CN(Cc1cccs1)CC1(CS)CCOCC1. The molecule has 2 heterocycles. The van der Waals surface area contributed by atoms with Gasteiger partial charge >= 0.3 is 0 Å². The van der Waals surface area contributed by atoms with E-state index in [-0.39, 0.29) is 0 Å². The Hall–Kier alpha value is -0.0300. The topological polar surface area (TPSA) is 12.5 Å². The highest BCUT2D eigenvalue weighted by molar-refractivity contribution is 7.80. The predicted molar refractivity (Wildman–Crippen MR) is 77.0 cm³/mol. The third-order valence-electron chi connectivity index (χ3n) is 3.50. The molecule has 0 atom stereocenters. The van der Waals surface area contributed by atoms with Crippen LogP contribution in [0.25, 0.3) is 0 Å². The van der Waals surface area contributed by atoms with Gasteiger partial charge in [-0.3, -0.25) is 0 Å². The molecule has 0 bridgehead atoms. The highest BCUT2D eigenvalue weighted by Gasteiger charge is 2.32. The lowest BCUT2D eigenvalue weighted by atomic mass is 9.81. The van der Waals surface area contributed by atoms with Crippen molar-refractivity contribution in [1.82, 2.24) is 4.90 Å². The second-order valence-electron chi connectivity index (χ2n) is 5.02. The van der Waals surface area contributed by atoms with E-state index in [1.807, 2.05) is 11.3 Å². The fraction of sp³-hybridized carbons (Fsp3) is 0.692. The molecular weight excluding hydrogens is 250 g/mol. The minimum atomic E-state index is 0.355. The van der Waals surface area contributed by atoms with Crippen LogP contribution in [0.3, 0.4) is 0 Å². The molecule has 2 rings (SSSR count). The Morgan fingerprint density at radius 3 is 2.82 bits per heavy atom. The first-order chi connectivity index (χ1) is 8.24. The molecule has 1 aliphatic heterocycles. The van der Waals surface area contributed by atoms with Gasteiger partial charge in [-0.25, -0.2) is 0 Å². The van der Waals surface area contributed by atoms with Crippen LogP contribution in [0.5, 0.6) is 0 Å². The average Bonchev–Trinajstić information content (AvgIpc) is 2.83. The van der Waals surface area contributed by atoms with Crippen molar-refractivity contribution in [3.8, 4) is 0 Å². The normalized spacial score (nSPS) is 19.7. The Bertz CT molecular complexity index is 320. The molecule has 0 aromatic carbocycles. The zero-order valence-electron chi connectivity index (χ0n) is 10.4. The highest BCUT2D eigenvalue weighted by atomic mass is 32.1. The van der Waals surface area contributed by atoms with E-state index >= 15 is 0 Å². The van der Waals surface area contributed by atoms with E-state index in [1.165, 1.54) is 4.88 Å². The van der Waals surface area contributed by atoms with Crippen molar-refractivity contribution in [2.24, 2.45) is 5.41 Å². The van der Waals surface area contributed by atoms with Gasteiger partial charge in [0.25, 0.3) is 0 Å². The molecule has 0 aliphatic carbocycles. The zero-order valence-corrected chi connectivity index (χ0v) is 12.1.